The van der Waals surface area contributed by atoms with Crippen LogP contribution in [0.1, 0.15) is 11.1 Å². The summed E-state index contributed by atoms with van der Waals surface area (Å²) in [5.74, 6) is 0.295. The Bertz CT molecular complexity index is 885. The van der Waals surface area contributed by atoms with Crippen molar-refractivity contribution in [3.63, 3.8) is 0 Å². The van der Waals surface area contributed by atoms with Crippen molar-refractivity contribution in [1.82, 2.24) is 9.97 Å². The number of hydrogen-bond donors (Lipinski definition) is 1. The second kappa shape index (κ2) is 6.22. The molecule has 2 heterocycles. The summed E-state index contributed by atoms with van der Waals surface area (Å²) < 4.78 is 12.3. The number of benzene rings is 1. The van der Waals surface area contributed by atoms with Crippen molar-refractivity contribution >= 4 is 33.3 Å². The Hall–Kier alpha value is -1.66. The Kier molecular flexibility index (Phi) is 4.31. The van der Waals surface area contributed by atoms with Crippen molar-refractivity contribution in [2.24, 2.45) is 0 Å². The van der Waals surface area contributed by atoms with E-state index in [1.54, 1.807) is 0 Å². The molecule has 0 spiro atoms. The Balaban J connectivity index is 2.12. The number of alkyl halides is 1. The van der Waals surface area contributed by atoms with Gasteiger partial charge in [-0.05, 0) is 30.5 Å². The van der Waals surface area contributed by atoms with Gasteiger partial charge in [0.25, 0.3) is 5.56 Å². The van der Waals surface area contributed by atoms with Gasteiger partial charge in [-0.15, -0.1) is 11.3 Å². The third kappa shape index (κ3) is 2.80. The first-order valence-electron chi connectivity index (χ1n) is 6.88. The molecule has 0 aliphatic heterocycles. The van der Waals surface area contributed by atoms with E-state index in [4.69, 9.17) is 0 Å². The van der Waals surface area contributed by atoms with Crippen LogP contribution in [0.3, 0.4) is 0 Å². The molecule has 6 heteroatoms. The zero-order chi connectivity index (χ0) is 15.7. The lowest BCUT2D eigenvalue weighted by atomic mass is 10.0. The number of aromatic amines is 1. The molecule has 0 aliphatic rings. The van der Waals surface area contributed by atoms with Crippen molar-refractivity contribution in [2.75, 3.05) is 12.4 Å². The highest BCUT2D eigenvalue weighted by molar-refractivity contribution is 7.99. The number of aromatic nitrogens is 2. The Morgan fingerprint density at radius 3 is 2.86 bits per heavy atom. The van der Waals surface area contributed by atoms with Crippen LogP contribution in [0.4, 0.5) is 4.39 Å². The molecule has 114 valence electrons. The van der Waals surface area contributed by atoms with Crippen molar-refractivity contribution in [2.45, 2.75) is 19.0 Å². The van der Waals surface area contributed by atoms with Crippen LogP contribution < -0.4 is 5.56 Å². The first-order valence-corrected chi connectivity index (χ1v) is 8.74. The number of nitrogens with zero attached hydrogens (tertiary/aromatic N) is 1. The zero-order valence-electron chi connectivity index (χ0n) is 12.3. The Labute approximate surface area is 135 Å². The Morgan fingerprint density at radius 1 is 1.32 bits per heavy atom. The molecule has 22 heavy (non-hydrogen) atoms. The van der Waals surface area contributed by atoms with Gasteiger partial charge in [-0.2, -0.15) is 0 Å². The van der Waals surface area contributed by atoms with E-state index in [2.05, 4.69) is 35.9 Å². The lowest BCUT2D eigenvalue weighted by Gasteiger charge is -2.04. The van der Waals surface area contributed by atoms with E-state index in [1.165, 1.54) is 34.2 Å². The quantitative estimate of drug-likeness (QED) is 0.570. The van der Waals surface area contributed by atoms with Crippen LogP contribution in [0.5, 0.6) is 0 Å². The normalized spacial score (nSPS) is 11.2. The average molecular weight is 334 g/mol. The summed E-state index contributed by atoms with van der Waals surface area (Å²) in [7, 11) is 0. The number of nitrogens with one attached hydrogen (secondary N) is 1. The largest absolute Gasteiger partial charge is 0.301 e. The smallest absolute Gasteiger partial charge is 0.260 e. The number of thioether (sulfide) groups is 1. The van der Waals surface area contributed by atoms with Crippen molar-refractivity contribution in [3.8, 4) is 11.1 Å². The van der Waals surface area contributed by atoms with E-state index in [-0.39, 0.29) is 5.56 Å². The zero-order valence-corrected chi connectivity index (χ0v) is 13.9. The van der Waals surface area contributed by atoms with Gasteiger partial charge in [-0.25, -0.2) is 4.98 Å². The number of aryl methyl sites for hydroxylation is 2. The maximum absolute atomic E-state index is 12.4. The number of halogens is 1. The molecule has 0 bridgehead atoms. The van der Waals surface area contributed by atoms with Gasteiger partial charge in [0.15, 0.2) is 5.16 Å². The van der Waals surface area contributed by atoms with Crippen molar-refractivity contribution in [1.29, 1.82) is 0 Å². The van der Waals surface area contributed by atoms with Crippen LogP contribution >= 0.6 is 23.1 Å². The molecule has 0 atom stereocenters. The third-order valence-corrected chi connectivity index (χ3v) is 5.25. The lowest BCUT2D eigenvalue weighted by molar-refractivity contribution is 0.532. The van der Waals surface area contributed by atoms with Gasteiger partial charge >= 0.3 is 0 Å². The fourth-order valence-electron chi connectivity index (χ4n) is 2.25. The molecular weight excluding hydrogens is 319 g/mol. The highest BCUT2D eigenvalue weighted by Gasteiger charge is 2.13. The summed E-state index contributed by atoms with van der Waals surface area (Å²) >= 11 is 2.67. The molecule has 0 saturated heterocycles. The van der Waals surface area contributed by atoms with Crippen molar-refractivity contribution in [3.05, 3.63) is 45.1 Å². The summed E-state index contributed by atoms with van der Waals surface area (Å²) in [6.07, 6.45) is 0. The minimum atomic E-state index is -0.440. The van der Waals surface area contributed by atoms with Crippen LogP contribution in [-0.4, -0.2) is 22.4 Å². The molecular formula is C16H15FN2OS2. The molecule has 1 aromatic carbocycles. The van der Waals surface area contributed by atoms with Crippen molar-refractivity contribution < 1.29 is 4.39 Å². The Morgan fingerprint density at radius 2 is 2.14 bits per heavy atom. The maximum atomic E-state index is 12.4. The molecule has 0 amide bonds. The fourth-order valence-corrected chi connectivity index (χ4v) is 3.85. The van der Waals surface area contributed by atoms with Crippen LogP contribution in [0.25, 0.3) is 21.3 Å². The summed E-state index contributed by atoms with van der Waals surface area (Å²) in [6.45, 7) is 3.68. The molecule has 3 rings (SSSR count). The van der Waals surface area contributed by atoms with Gasteiger partial charge in [0.05, 0.1) is 12.1 Å². The maximum Gasteiger partial charge on any atom is 0.260 e. The molecule has 2 aromatic heterocycles. The summed E-state index contributed by atoms with van der Waals surface area (Å²) in [5, 5.41) is 3.04. The number of fused-ring (bicyclic) bond motifs is 1. The van der Waals surface area contributed by atoms with Gasteiger partial charge in [-0.1, -0.05) is 30.0 Å². The highest BCUT2D eigenvalue weighted by atomic mass is 32.2. The second-order valence-corrected chi connectivity index (χ2v) is 6.98. The highest BCUT2D eigenvalue weighted by Crippen LogP contribution is 2.32. The predicted octanol–water partition coefficient (Wildman–Crippen LogP) is 4.33. The molecule has 3 nitrogen and oxygen atoms in total. The summed E-state index contributed by atoms with van der Waals surface area (Å²) in [6, 6.07) is 6.16. The van der Waals surface area contributed by atoms with Crippen LogP contribution in [0.15, 0.2) is 33.5 Å². The first kappa shape index (κ1) is 15.2. The van der Waals surface area contributed by atoms with Crippen LogP contribution in [0.2, 0.25) is 0 Å². The molecule has 0 unspecified atom stereocenters. The molecule has 0 aliphatic carbocycles. The molecule has 0 saturated carbocycles. The average Bonchev–Trinajstić information content (AvgIpc) is 2.92. The second-order valence-electron chi connectivity index (χ2n) is 5.04. The molecule has 1 N–H and O–H groups in total. The van der Waals surface area contributed by atoms with E-state index in [9.17, 15) is 9.18 Å². The standard InChI is InChI=1S/C16H15FN2OS2/c1-9-3-4-11(7-10(9)2)12-8-22-15-13(12)14(20)18-16(19-15)21-6-5-17/h3-4,7-8H,5-6H2,1-2H3,(H,18,19,20). The fraction of sp³-hybridized carbons (Fsp3) is 0.250. The predicted molar refractivity (Wildman–Crippen MR) is 91.8 cm³/mol. The summed E-state index contributed by atoms with van der Waals surface area (Å²) in [5.41, 5.74) is 4.17. The number of hydrogen-bond acceptors (Lipinski definition) is 4. The van der Waals surface area contributed by atoms with Gasteiger partial charge < -0.3 is 4.98 Å². The topological polar surface area (TPSA) is 45.8 Å². The number of thiophene rings is 1. The van der Waals surface area contributed by atoms with Gasteiger partial charge in [0.2, 0.25) is 0 Å². The van der Waals surface area contributed by atoms with E-state index in [1.807, 2.05) is 11.4 Å². The first-order chi connectivity index (χ1) is 10.6. The van der Waals surface area contributed by atoms with Gasteiger partial charge in [0, 0.05) is 16.7 Å². The third-order valence-electron chi connectivity index (χ3n) is 3.56. The van der Waals surface area contributed by atoms with E-state index in [0.29, 0.717) is 21.1 Å². The van der Waals surface area contributed by atoms with Crippen LogP contribution in [0, 0.1) is 13.8 Å². The number of H-pyrrole nitrogens is 1. The SMILES string of the molecule is Cc1ccc(-c2csc3nc(SCCF)[nH]c(=O)c23)cc1C. The minimum Gasteiger partial charge on any atom is -0.301 e. The summed E-state index contributed by atoms with van der Waals surface area (Å²) in [4.78, 5) is 20.2. The molecule has 0 radical (unpaired) electrons. The van der Waals surface area contributed by atoms with Crippen LogP contribution in [-0.2, 0) is 0 Å². The van der Waals surface area contributed by atoms with E-state index >= 15 is 0 Å². The lowest BCUT2D eigenvalue weighted by Crippen LogP contribution is -2.08. The monoisotopic (exact) mass is 334 g/mol. The van der Waals surface area contributed by atoms with E-state index in [0.717, 1.165) is 11.1 Å². The molecule has 3 aromatic rings. The van der Waals surface area contributed by atoms with E-state index < -0.39 is 6.67 Å². The minimum absolute atomic E-state index is 0.166. The number of rotatable bonds is 4. The molecule has 0 fully saturated rings. The van der Waals surface area contributed by atoms with Gasteiger partial charge in [-0.3, -0.25) is 9.18 Å². The van der Waals surface area contributed by atoms with Gasteiger partial charge in [0.1, 0.15) is 4.83 Å².